The molecule has 0 bridgehead atoms. The van der Waals surface area contributed by atoms with Crippen molar-refractivity contribution in [3.05, 3.63) is 57.6 Å². The Labute approximate surface area is 173 Å². The van der Waals surface area contributed by atoms with Gasteiger partial charge in [0, 0.05) is 40.7 Å². The highest BCUT2D eigenvalue weighted by Crippen LogP contribution is 2.30. The zero-order valence-corrected chi connectivity index (χ0v) is 16.6. The molecular formula is C20H20Cl2N2O4. The highest BCUT2D eigenvalue weighted by molar-refractivity contribution is 6.31. The van der Waals surface area contributed by atoms with Crippen molar-refractivity contribution in [2.45, 2.75) is 12.8 Å². The number of carbonyl (C=O) groups excluding carboxylic acids is 2. The molecule has 6 nitrogen and oxygen atoms in total. The van der Waals surface area contributed by atoms with Gasteiger partial charge in [0.05, 0.1) is 0 Å². The molecule has 0 unspecified atom stereocenters. The molecule has 0 spiro atoms. The number of rotatable bonds is 0. The van der Waals surface area contributed by atoms with Gasteiger partial charge < -0.3 is 20.1 Å². The molecule has 2 aromatic carbocycles. The molecule has 0 aromatic heterocycles. The average molecular weight is 423 g/mol. The summed E-state index contributed by atoms with van der Waals surface area (Å²) < 4.78 is 11.4. The Morgan fingerprint density at radius 1 is 0.750 bits per heavy atom. The fraction of sp³-hybridized carbons (Fsp3) is 0.300. The van der Waals surface area contributed by atoms with Crippen LogP contribution in [0.3, 0.4) is 0 Å². The van der Waals surface area contributed by atoms with E-state index in [2.05, 4.69) is 10.6 Å². The van der Waals surface area contributed by atoms with E-state index in [0.717, 1.165) is 11.1 Å². The zero-order chi connectivity index (χ0) is 19.9. The molecule has 2 amide bonds. The molecule has 1 heterocycles. The summed E-state index contributed by atoms with van der Waals surface area (Å²) in [4.78, 5) is 23.9. The molecule has 0 radical (unpaired) electrons. The standard InChI is InChI=1S/C20H20Cl2N2O4/c21-15-2-4-17-13(9-15)8-14-10-16(22)3-5-18(14)28-12-20(26)24-7-1-6-23-19(25)11-27-17/h2-5,9-10H,1,6-8,11-12H2,(H,23,25)(H,24,26). The lowest BCUT2D eigenvalue weighted by atomic mass is 10.0. The van der Waals surface area contributed by atoms with Crippen LogP contribution in [0.5, 0.6) is 11.5 Å². The van der Waals surface area contributed by atoms with Gasteiger partial charge in [-0.25, -0.2) is 0 Å². The van der Waals surface area contributed by atoms with E-state index < -0.39 is 0 Å². The third kappa shape index (κ3) is 5.78. The number of amides is 2. The predicted molar refractivity (Wildman–Crippen MR) is 107 cm³/mol. The maximum atomic E-state index is 12.0. The fourth-order valence-electron chi connectivity index (χ4n) is 2.79. The van der Waals surface area contributed by atoms with Crippen molar-refractivity contribution in [3.63, 3.8) is 0 Å². The second-order valence-corrected chi connectivity index (χ2v) is 7.18. The Morgan fingerprint density at radius 3 is 1.68 bits per heavy atom. The van der Waals surface area contributed by atoms with Crippen molar-refractivity contribution in [3.8, 4) is 11.5 Å². The van der Waals surface area contributed by atoms with Crippen molar-refractivity contribution in [2.24, 2.45) is 0 Å². The lowest BCUT2D eigenvalue weighted by Crippen LogP contribution is -2.34. The minimum atomic E-state index is -0.230. The van der Waals surface area contributed by atoms with Gasteiger partial charge in [0.25, 0.3) is 11.8 Å². The molecule has 8 heteroatoms. The highest BCUT2D eigenvalue weighted by atomic mass is 35.5. The van der Waals surface area contributed by atoms with Gasteiger partial charge in [-0.15, -0.1) is 0 Å². The molecule has 3 rings (SSSR count). The number of carbonyl (C=O) groups is 2. The molecular weight excluding hydrogens is 403 g/mol. The quantitative estimate of drug-likeness (QED) is 0.683. The van der Waals surface area contributed by atoms with E-state index in [1.54, 1.807) is 36.4 Å². The normalized spacial score (nSPS) is 15.9. The van der Waals surface area contributed by atoms with Crippen LogP contribution in [0.4, 0.5) is 0 Å². The van der Waals surface area contributed by atoms with Gasteiger partial charge in [-0.2, -0.15) is 0 Å². The summed E-state index contributed by atoms with van der Waals surface area (Å²) in [6, 6.07) is 10.4. The van der Waals surface area contributed by atoms with Gasteiger partial charge in [0.1, 0.15) is 11.5 Å². The smallest absolute Gasteiger partial charge is 0.257 e. The number of nitrogens with one attached hydrogen (secondary N) is 2. The van der Waals surface area contributed by atoms with Crippen LogP contribution in [-0.2, 0) is 16.0 Å². The maximum Gasteiger partial charge on any atom is 0.257 e. The van der Waals surface area contributed by atoms with Crippen LogP contribution in [0.15, 0.2) is 36.4 Å². The number of hydrogen-bond acceptors (Lipinski definition) is 4. The first-order chi connectivity index (χ1) is 13.5. The third-order valence-corrected chi connectivity index (χ3v) is 4.61. The number of fused-ring (bicyclic) bond motifs is 2. The van der Waals surface area contributed by atoms with Gasteiger partial charge in [-0.05, 0) is 42.8 Å². The minimum absolute atomic E-state index is 0.111. The number of hydrogen-bond donors (Lipinski definition) is 2. The summed E-state index contributed by atoms with van der Waals surface area (Å²) in [5.74, 6) is 0.642. The lowest BCUT2D eigenvalue weighted by Gasteiger charge is -2.16. The van der Waals surface area contributed by atoms with Gasteiger partial charge >= 0.3 is 0 Å². The third-order valence-electron chi connectivity index (χ3n) is 4.14. The fourth-order valence-corrected chi connectivity index (χ4v) is 3.18. The molecule has 2 N–H and O–H groups in total. The van der Waals surface area contributed by atoms with Crippen molar-refractivity contribution in [1.82, 2.24) is 10.6 Å². The minimum Gasteiger partial charge on any atom is -0.483 e. The zero-order valence-electron chi connectivity index (χ0n) is 15.1. The maximum absolute atomic E-state index is 12.0. The first-order valence-corrected chi connectivity index (χ1v) is 9.63. The second kappa shape index (κ2) is 9.66. The molecule has 0 fully saturated rings. The number of ether oxygens (including phenoxy) is 2. The molecule has 1 aliphatic heterocycles. The number of benzene rings is 2. The lowest BCUT2D eigenvalue weighted by molar-refractivity contribution is -0.123. The van der Waals surface area contributed by atoms with Crippen molar-refractivity contribution < 1.29 is 19.1 Å². The van der Waals surface area contributed by atoms with Crippen molar-refractivity contribution in [2.75, 3.05) is 26.3 Å². The Balaban J connectivity index is 1.92. The Kier molecular flexibility index (Phi) is 7.01. The molecule has 28 heavy (non-hydrogen) atoms. The van der Waals surface area contributed by atoms with Crippen LogP contribution < -0.4 is 20.1 Å². The van der Waals surface area contributed by atoms with Gasteiger partial charge in [-0.3, -0.25) is 9.59 Å². The van der Waals surface area contributed by atoms with Gasteiger partial charge in [0.2, 0.25) is 0 Å². The van der Waals surface area contributed by atoms with E-state index >= 15 is 0 Å². The summed E-state index contributed by atoms with van der Waals surface area (Å²) in [5.41, 5.74) is 1.56. The van der Waals surface area contributed by atoms with E-state index in [9.17, 15) is 9.59 Å². The number of halogens is 2. The van der Waals surface area contributed by atoms with Crippen LogP contribution in [0.1, 0.15) is 17.5 Å². The molecule has 0 atom stereocenters. The molecule has 0 saturated heterocycles. The predicted octanol–water partition coefficient (Wildman–Crippen LogP) is 2.98. The van der Waals surface area contributed by atoms with Crippen LogP contribution in [0, 0.1) is 0 Å². The van der Waals surface area contributed by atoms with E-state index in [4.69, 9.17) is 32.7 Å². The molecule has 1 aliphatic rings. The summed E-state index contributed by atoms with van der Waals surface area (Å²) in [7, 11) is 0. The van der Waals surface area contributed by atoms with Crippen LogP contribution in [0.25, 0.3) is 0 Å². The second-order valence-electron chi connectivity index (χ2n) is 6.31. The highest BCUT2D eigenvalue weighted by Gasteiger charge is 2.14. The summed E-state index contributed by atoms with van der Waals surface area (Å²) in [5, 5.41) is 6.60. The van der Waals surface area contributed by atoms with Crippen molar-refractivity contribution in [1.29, 1.82) is 0 Å². The SMILES string of the molecule is O=C1COc2ccc(Cl)cc2Cc2cc(Cl)ccc2OCC(=O)NCCCN1. The Bertz CT molecular complexity index is 804. The van der Waals surface area contributed by atoms with Crippen LogP contribution in [-0.4, -0.2) is 38.1 Å². The summed E-state index contributed by atoms with van der Waals surface area (Å²) in [6.45, 7) is 0.663. The van der Waals surface area contributed by atoms with E-state index in [0.29, 0.717) is 47.5 Å². The average Bonchev–Trinajstić information content (AvgIpc) is 2.66. The molecule has 148 valence electrons. The topological polar surface area (TPSA) is 76.7 Å². The molecule has 0 aliphatic carbocycles. The summed E-state index contributed by atoms with van der Waals surface area (Å²) in [6.07, 6.45) is 1.02. The van der Waals surface area contributed by atoms with Crippen LogP contribution >= 0.6 is 23.2 Å². The Morgan fingerprint density at radius 2 is 1.21 bits per heavy atom. The largest absolute Gasteiger partial charge is 0.483 e. The van der Waals surface area contributed by atoms with E-state index in [1.807, 2.05) is 0 Å². The van der Waals surface area contributed by atoms with E-state index in [1.165, 1.54) is 0 Å². The Hall–Kier alpha value is -2.44. The van der Waals surface area contributed by atoms with Gasteiger partial charge in [-0.1, -0.05) is 23.2 Å². The molecule has 2 aromatic rings. The van der Waals surface area contributed by atoms with Crippen LogP contribution in [0.2, 0.25) is 10.0 Å². The first-order valence-electron chi connectivity index (χ1n) is 8.87. The van der Waals surface area contributed by atoms with Crippen molar-refractivity contribution >= 4 is 35.0 Å². The van der Waals surface area contributed by atoms with Gasteiger partial charge in [0.15, 0.2) is 13.2 Å². The monoisotopic (exact) mass is 422 g/mol. The summed E-state index contributed by atoms with van der Waals surface area (Å²) >= 11 is 12.3. The van der Waals surface area contributed by atoms with E-state index in [-0.39, 0.29) is 25.0 Å². The molecule has 0 saturated carbocycles. The first kappa shape index (κ1) is 20.3.